The van der Waals surface area contributed by atoms with E-state index >= 15 is 0 Å². The van der Waals surface area contributed by atoms with E-state index in [0.29, 0.717) is 12.3 Å². The number of piperazine rings is 1. The standard InChI is InChI=1S/C17H18BrN3O2/c18-14-4-1-5-15(9-14)23-12-17(22)21-8-7-20-11-16(21)13-3-2-6-19-10-13/h1-6,9-10,16,20H,7-8,11-12H2. The quantitative estimate of drug-likeness (QED) is 0.891. The summed E-state index contributed by atoms with van der Waals surface area (Å²) in [7, 11) is 0. The number of carbonyl (C=O) groups excluding carboxylic acids is 1. The number of rotatable bonds is 4. The minimum absolute atomic E-state index is 0.00365. The van der Waals surface area contributed by atoms with Gasteiger partial charge in [-0.3, -0.25) is 9.78 Å². The summed E-state index contributed by atoms with van der Waals surface area (Å²) >= 11 is 3.40. The Bertz CT molecular complexity index is 666. The van der Waals surface area contributed by atoms with Crippen LogP contribution < -0.4 is 10.1 Å². The molecule has 6 heteroatoms. The molecule has 1 saturated heterocycles. The molecule has 5 nitrogen and oxygen atoms in total. The fraction of sp³-hybridized carbons (Fsp3) is 0.294. The van der Waals surface area contributed by atoms with Gasteiger partial charge in [-0.2, -0.15) is 0 Å². The second-order valence-corrected chi connectivity index (χ2v) is 6.26. The summed E-state index contributed by atoms with van der Waals surface area (Å²) in [6.07, 6.45) is 3.55. The van der Waals surface area contributed by atoms with Crippen molar-refractivity contribution in [2.75, 3.05) is 26.2 Å². The summed E-state index contributed by atoms with van der Waals surface area (Å²) in [5, 5.41) is 3.33. The van der Waals surface area contributed by atoms with Gasteiger partial charge in [0, 0.05) is 36.5 Å². The van der Waals surface area contributed by atoms with Crippen molar-refractivity contribution in [3.8, 4) is 5.75 Å². The minimum Gasteiger partial charge on any atom is -0.484 e. The summed E-state index contributed by atoms with van der Waals surface area (Å²) < 4.78 is 6.56. The second kappa shape index (κ2) is 7.57. The predicted octanol–water partition coefficient (Wildman–Crippen LogP) is 2.40. The van der Waals surface area contributed by atoms with Gasteiger partial charge in [0.2, 0.25) is 0 Å². The van der Waals surface area contributed by atoms with Crippen LogP contribution in [0.3, 0.4) is 0 Å². The summed E-state index contributed by atoms with van der Waals surface area (Å²) in [5.41, 5.74) is 1.04. The number of hydrogen-bond donors (Lipinski definition) is 1. The molecule has 1 N–H and O–H groups in total. The molecule has 2 heterocycles. The largest absolute Gasteiger partial charge is 0.484 e. The fourth-order valence-corrected chi connectivity index (χ4v) is 3.04. The molecule has 3 rings (SSSR count). The van der Waals surface area contributed by atoms with E-state index in [1.165, 1.54) is 0 Å². The molecule has 1 aliphatic heterocycles. The first-order chi connectivity index (χ1) is 11.2. The van der Waals surface area contributed by atoms with Gasteiger partial charge in [-0.15, -0.1) is 0 Å². The van der Waals surface area contributed by atoms with Crippen molar-refractivity contribution in [1.29, 1.82) is 0 Å². The van der Waals surface area contributed by atoms with Crippen LogP contribution in [-0.4, -0.2) is 42.0 Å². The van der Waals surface area contributed by atoms with Gasteiger partial charge >= 0.3 is 0 Å². The minimum atomic E-state index is -0.0136. The monoisotopic (exact) mass is 375 g/mol. The SMILES string of the molecule is O=C(COc1cccc(Br)c1)N1CCNCC1c1cccnc1. The van der Waals surface area contributed by atoms with Gasteiger partial charge in [0.05, 0.1) is 6.04 Å². The van der Waals surface area contributed by atoms with Crippen molar-refractivity contribution >= 4 is 21.8 Å². The Hall–Kier alpha value is -1.92. The topological polar surface area (TPSA) is 54.5 Å². The first-order valence-electron chi connectivity index (χ1n) is 7.52. The molecule has 1 aromatic carbocycles. The van der Waals surface area contributed by atoms with Crippen LogP contribution in [0.5, 0.6) is 5.75 Å². The third-order valence-electron chi connectivity index (χ3n) is 3.79. The molecular formula is C17H18BrN3O2. The lowest BCUT2D eigenvalue weighted by Gasteiger charge is -2.36. The Morgan fingerprint density at radius 2 is 2.30 bits per heavy atom. The van der Waals surface area contributed by atoms with E-state index in [9.17, 15) is 4.79 Å². The highest BCUT2D eigenvalue weighted by Gasteiger charge is 2.28. The van der Waals surface area contributed by atoms with Gasteiger partial charge < -0.3 is 15.0 Å². The number of nitrogens with zero attached hydrogens (tertiary/aromatic N) is 2. The Morgan fingerprint density at radius 1 is 1.39 bits per heavy atom. The smallest absolute Gasteiger partial charge is 0.261 e. The maximum Gasteiger partial charge on any atom is 0.261 e. The van der Waals surface area contributed by atoms with Crippen molar-refractivity contribution in [3.63, 3.8) is 0 Å². The highest BCUT2D eigenvalue weighted by molar-refractivity contribution is 9.10. The van der Waals surface area contributed by atoms with Gasteiger partial charge in [0.15, 0.2) is 6.61 Å². The Balaban J connectivity index is 1.67. The molecule has 0 saturated carbocycles. The highest BCUT2D eigenvalue weighted by atomic mass is 79.9. The zero-order valence-electron chi connectivity index (χ0n) is 12.6. The number of halogens is 1. The average molecular weight is 376 g/mol. The second-order valence-electron chi connectivity index (χ2n) is 5.34. The third-order valence-corrected chi connectivity index (χ3v) is 4.28. The summed E-state index contributed by atoms with van der Waals surface area (Å²) in [5.74, 6) is 0.668. The van der Waals surface area contributed by atoms with Crippen LogP contribution >= 0.6 is 15.9 Å². The lowest BCUT2D eigenvalue weighted by Crippen LogP contribution is -2.50. The number of pyridine rings is 1. The number of amides is 1. The number of nitrogens with one attached hydrogen (secondary N) is 1. The molecule has 0 bridgehead atoms. The molecule has 1 aliphatic rings. The van der Waals surface area contributed by atoms with E-state index in [4.69, 9.17) is 4.74 Å². The van der Waals surface area contributed by atoms with Crippen LogP contribution in [0.25, 0.3) is 0 Å². The predicted molar refractivity (Wildman–Crippen MR) is 91.2 cm³/mol. The van der Waals surface area contributed by atoms with E-state index in [1.54, 1.807) is 6.20 Å². The first kappa shape index (κ1) is 16.0. The number of ether oxygens (including phenoxy) is 1. The van der Waals surface area contributed by atoms with E-state index in [-0.39, 0.29) is 18.6 Å². The van der Waals surface area contributed by atoms with Crippen molar-refractivity contribution in [3.05, 3.63) is 58.8 Å². The molecule has 0 spiro atoms. The summed E-state index contributed by atoms with van der Waals surface area (Å²) in [6.45, 7) is 2.22. The lowest BCUT2D eigenvalue weighted by molar-refractivity contribution is -0.136. The maximum atomic E-state index is 12.6. The summed E-state index contributed by atoms with van der Waals surface area (Å²) in [6, 6.07) is 11.4. The normalized spacial score (nSPS) is 17.8. The third kappa shape index (κ3) is 4.09. The number of hydrogen-bond acceptors (Lipinski definition) is 4. The number of benzene rings is 1. The van der Waals surface area contributed by atoms with Gasteiger partial charge in [0.1, 0.15) is 5.75 Å². The molecule has 1 fully saturated rings. The summed E-state index contributed by atoms with van der Waals surface area (Å²) in [4.78, 5) is 18.6. The van der Waals surface area contributed by atoms with Crippen LogP contribution in [0.2, 0.25) is 0 Å². The van der Waals surface area contributed by atoms with Gasteiger partial charge in [-0.1, -0.05) is 28.1 Å². The Morgan fingerprint density at radius 3 is 3.09 bits per heavy atom. The van der Waals surface area contributed by atoms with Crippen LogP contribution in [0, 0.1) is 0 Å². The van der Waals surface area contributed by atoms with Crippen LogP contribution in [0.4, 0.5) is 0 Å². The van der Waals surface area contributed by atoms with Crippen LogP contribution in [0.1, 0.15) is 11.6 Å². The zero-order valence-corrected chi connectivity index (χ0v) is 14.2. The zero-order chi connectivity index (χ0) is 16.1. The Kier molecular flexibility index (Phi) is 5.25. The Labute approximate surface area is 143 Å². The molecule has 1 amide bonds. The highest BCUT2D eigenvalue weighted by Crippen LogP contribution is 2.22. The van der Waals surface area contributed by atoms with Gasteiger partial charge in [-0.25, -0.2) is 0 Å². The van der Waals surface area contributed by atoms with Crippen molar-refractivity contribution in [2.24, 2.45) is 0 Å². The molecule has 1 unspecified atom stereocenters. The van der Waals surface area contributed by atoms with E-state index in [1.807, 2.05) is 47.5 Å². The van der Waals surface area contributed by atoms with Gasteiger partial charge in [-0.05, 0) is 29.8 Å². The van der Waals surface area contributed by atoms with Crippen LogP contribution in [0.15, 0.2) is 53.3 Å². The van der Waals surface area contributed by atoms with Gasteiger partial charge in [0.25, 0.3) is 5.91 Å². The van der Waals surface area contributed by atoms with Crippen molar-refractivity contribution in [2.45, 2.75) is 6.04 Å². The van der Waals surface area contributed by atoms with E-state index in [0.717, 1.165) is 23.1 Å². The van der Waals surface area contributed by atoms with Crippen molar-refractivity contribution in [1.82, 2.24) is 15.2 Å². The lowest BCUT2D eigenvalue weighted by atomic mass is 10.1. The molecule has 0 radical (unpaired) electrons. The first-order valence-corrected chi connectivity index (χ1v) is 8.32. The average Bonchev–Trinajstić information content (AvgIpc) is 2.60. The molecule has 23 heavy (non-hydrogen) atoms. The number of carbonyl (C=O) groups is 1. The van der Waals surface area contributed by atoms with Crippen LogP contribution in [-0.2, 0) is 4.79 Å². The molecule has 2 aromatic rings. The molecule has 1 aromatic heterocycles. The van der Waals surface area contributed by atoms with E-state index in [2.05, 4.69) is 26.2 Å². The number of aromatic nitrogens is 1. The maximum absolute atomic E-state index is 12.6. The molecule has 1 atom stereocenters. The van der Waals surface area contributed by atoms with E-state index < -0.39 is 0 Å². The molecule has 120 valence electrons. The van der Waals surface area contributed by atoms with Crippen molar-refractivity contribution < 1.29 is 9.53 Å². The molecule has 0 aliphatic carbocycles. The molecular weight excluding hydrogens is 358 g/mol. The fourth-order valence-electron chi connectivity index (χ4n) is 2.66.